The van der Waals surface area contributed by atoms with Crippen molar-refractivity contribution in [3.63, 3.8) is 0 Å². The van der Waals surface area contributed by atoms with E-state index in [2.05, 4.69) is 82.8 Å². The predicted molar refractivity (Wildman–Crippen MR) is 145 cm³/mol. The van der Waals surface area contributed by atoms with Crippen LogP contribution in [-0.4, -0.2) is 27.8 Å². The van der Waals surface area contributed by atoms with Gasteiger partial charge in [0.15, 0.2) is 5.11 Å². The van der Waals surface area contributed by atoms with Crippen LogP contribution in [0.3, 0.4) is 0 Å². The maximum atomic E-state index is 6.88. The second-order valence-corrected chi connectivity index (χ2v) is 10.5. The number of thiocarbonyl (C=S) groups is 1. The number of anilines is 2. The molecule has 0 aliphatic carbocycles. The molecule has 178 valence electrons. The molecule has 5 nitrogen and oxygen atoms in total. The Kier molecular flexibility index (Phi) is 6.30. The Bertz CT molecular complexity index is 1200. The summed E-state index contributed by atoms with van der Waals surface area (Å²) in [6, 6.07) is 14.6. The van der Waals surface area contributed by atoms with Gasteiger partial charge in [-0.05, 0) is 86.8 Å². The maximum absolute atomic E-state index is 6.88. The minimum atomic E-state index is -0.0590. The minimum absolute atomic E-state index is 0.0277. The first kappa shape index (κ1) is 23.2. The van der Waals surface area contributed by atoms with Crippen LogP contribution in [0, 0.1) is 19.8 Å². The van der Waals surface area contributed by atoms with Gasteiger partial charge in [0.25, 0.3) is 0 Å². The first-order valence-electron chi connectivity index (χ1n) is 12.0. The number of aryl methyl sites for hydroxylation is 1. The molecule has 4 heterocycles. The Labute approximate surface area is 212 Å². The normalized spacial score (nSPS) is 21.3. The molecule has 7 heteroatoms. The summed E-state index contributed by atoms with van der Waals surface area (Å²) in [4.78, 5) is 9.29. The number of aromatic nitrogens is 2. The van der Waals surface area contributed by atoms with Crippen molar-refractivity contribution in [2.45, 2.75) is 45.7 Å². The highest BCUT2D eigenvalue weighted by Gasteiger charge is 2.42. The molecular weight excluding hydrogens is 462 g/mol. The van der Waals surface area contributed by atoms with Gasteiger partial charge in [0.2, 0.25) is 0 Å². The van der Waals surface area contributed by atoms with E-state index in [0.29, 0.717) is 5.11 Å². The number of nitrogens with zero attached hydrogens (tertiary/aromatic N) is 4. The summed E-state index contributed by atoms with van der Waals surface area (Å²) in [6.07, 6.45) is 4.26. The maximum Gasteiger partial charge on any atom is 0.174 e. The molecule has 0 radical (unpaired) electrons. The molecule has 1 aromatic carbocycles. The highest BCUT2D eigenvalue weighted by molar-refractivity contribution is 7.80. The van der Waals surface area contributed by atoms with Crippen molar-refractivity contribution in [3.8, 4) is 0 Å². The van der Waals surface area contributed by atoms with Crippen molar-refractivity contribution in [1.82, 2.24) is 14.9 Å². The summed E-state index contributed by atoms with van der Waals surface area (Å²) in [5.74, 6) is 0.782. The van der Waals surface area contributed by atoms with Crippen molar-refractivity contribution in [3.05, 3.63) is 76.3 Å². The monoisotopic (exact) mass is 493 g/mol. The molecule has 2 saturated heterocycles. The highest BCUT2D eigenvalue weighted by atomic mass is 35.5. The minimum Gasteiger partial charge on any atom is -0.370 e. The van der Waals surface area contributed by atoms with Gasteiger partial charge in [0.1, 0.15) is 0 Å². The third-order valence-electron chi connectivity index (χ3n) is 7.56. The summed E-state index contributed by atoms with van der Waals surface area (Å²) in [6.45, 7) is 8.75. The number of piperidine rings is 1. The molecule has 2 aliphatic rings. The third-order valence-corrected chi connectivity index (χ3v) is 8.18. The van der Waals surface area contributed by atoms with Crippen LogP contribution >= 0.6 is 23.8 Å². The van der Waals surface area contributed by atoms with E-state index >= 15 is 0 Å². The predicted octanol–water partition coefficient (Wildman–Crippen LogP) is 6.10. The van der Waals surface area contributed by atoms with E-state index in [1.165, 1.54) is 29.8 Å². The van der Waals surface area contributed by atoms with E-state index in [9.17, 15) is 0 Å². The Balaban J connectivity index is 1.55. The summed E-state index contributed by atoms with van der Waals surface area (Å²) in [7, 11) is 2.11. The molecule has 3 aromatic rings. The van der Waals surface area contributed by atoms with Gasteiger partial charge in [-0.15, -0.1) is 0 Å². The molecular formula is C27H32ClN5S. The summed E-state index contributed by atoms with van der Waals surface area (Å²) in [5, 5.41) is 5.02. The number of rotatable bonds is 4. The first-order valence-corrected chi connectivity index (χ1v) is 12.8. The number of benzene rings is 1. The lowest BCUT2D eigenvalue weighted by Crippen LogP contribution is -2.33. The van der Waals surface area contributed by atoms with Crippen LogP contribution in [0.2, 0.25) is 5.02 Å². The second kappa shape index (κ2) is 9.23. The largest absolute Gasteiger partial charge is 0.370 e. The summed E-state index contributed by atoms with van der Waals surface area (Å²) < 4.78 is 2.23. The summed E-state index contributed by atoms with van der Waals surface area (Å²) >= 11 is 12.8. The van der Waals surface area contributed by atoms with Gasteiger partial charge in [0, 0.05) is 43.4 Å². The fraction of sp³-hybridized carbons (Fsp3) is 0.407. The Morgan fingerprint density at radius 2 is 1.85 bits per heavy atom. The molecule has 2 aliphatic heterocycles. The van der Waals surface area contributed by atoms with Gasteiger partial charge in [-0.1, -0.05) is 24.6 Å². The molecule has 34 heavy (non-hydrogen) atoms. The smallest absolute Gasteiger partial charge is 0.174 e. The topological polar surface area (TPSA) is 36.3 Å². The Morgan fingerprint density at radius 1 is 1.09 bits per heavy atom. The lowest BCUT2D eigenvalue weighted by atomic mass is 9.96. The van der Waals surface area contributed by atoms with E-state index in [4.69, 9.17) is 23.8 Å². The second-order valence-electron chi connectivity index (χ2n) is 9.69. The van der Waals surface area contributed by atoms with E-state index in [1.807, 2.05) is 18.3 Å². The van der Waals surface area contributed by atoms with Crippen LogP contribution in [0.4, 0.5) is 11.4 Å². The van der Waals surface area contributed by atoms with Crippen LogP contribution < -0.4 is 15.1 Å². The standard InChI is InChI=1S/C27H32ClN5S/c1-17-10-13-32(14-11-17)24-9-8-20(16-22(24)28)33-26(21-15-18(2)31(4)19(21)3)25(30-27(33)34)23-7-5-6-12-29-23/h5-9,12,15-17,25-26H,10-11,13-14H2,1-4H3,(H,30,34)/t25-,26+/m1/s1. The van der Waals surface area contributed by atoms with Gasteiger partial charge < -0.3 is 19.7 Å². The van der Waals surface area contributed by atoms with Crippen LogP contribution in [-0.2, 0) is 7.05 Å². The average Bonchev–Trinajstić information content (AvgIpc) is 3.31. The van der Waals surface area contributed by atoms with Gasteiger partial charge in [-0.3, -0.25) is 4.98 Å². The fourth-order valence-corrected chi connectivity index (χ4v) is 5.92. The lowest BCUT2D eigenvalue weighted by molar-refractivity contribution is 0.438. The number of pyridine rings is 1. The van der Waals surface area contributed by atoms with Crippen LogP contribution in [0.1, 0.15) is 54.5 Å². The van der Waals surface area contributed by atoms with Crippen molar-refractivity contribution in [2.24, 2.45) is 13.0 Å². The number of nitrogens with one attached hydrogen (secondary N) is 1. The molecule has 1 N–H and O–H groups in total. The SMILES string of the molecule is Cc1cc([C@H]2[C@@H](c3ccccn3)NC(=S)N2c2ccc(N3CCC(C)CC3)c(Cl)c2)c(C)n1C. The van der Waals surface area contributed by atoms with E-state index in [1.54, 1.807) is 0 Å². The van der Waals surface area contributed by atoms with Crippen molar-refractivity contribution >= 4 is 40.3 Å². The number of halogens is 1. The molecule has 0 spiro atoms. The zero-order chi connectivity index (χ0) is 24.0. The van der Waals surface area contributed by atoms with Crippen LogP contribution in [0.15, 0.2) is 48.7 Å². The van der Waals surface area contributed by atoms with Gasteiger partial charge in [0.05, 0.1) is 28.5 Å². The molecule has 0 saturated carbocycles. The van der Waals surface area contributed by atoms with E-state index < -0.39 is 0 Å². The zero-order valence-electron chi connectivity index (χ0n) is 20.3. The Hall–Kier alpha value is -2.57. The molecule has 0 amide bonds. The molecule has 0 unspecified atom stereocenters. The number of hydrogen-bond acceptors (Lipinski definition) is 3. The Morgan fingerprint density at radius 3 is 2.47 bits per heavy atom. The van der Waals surface area contributed by atoms with Crippen molar-refractivity contribution < 1.29 is 0 Å². The number of hydrogen-bond donors (Lipinski definition) is 1. The third kappa shape index (κ3) is 4.07. The van der Waals surface area contributed by atoms with Gasteiger partial charge in [-0.25, -0.2) is 0 Å². The fourth-order valence-electron chi connectivity index (χ4n) is 5.28. The molecule has 5 rings (SSSR count). The van der Waals surface area contributed by atoms with Gasteiger partial charge >= 0.3 is 0 Å². The van der Waals surface area contributed by atoms with E-state index in [0.717, 1.165) is 41.1 Å². The van der Waals surface area contributed by atoms with Crippen molar-refractivity contribution in [2.75, 3.05) is 22.9 Å². The lowest BCUT2D eigenvalue weighted by Gasteiger charge is -2.33. The highest BCUT2D eigenvalue weighted by Crippen LogP contribution is 2.44. The van der Waals surface area contributed by atoms with Crippen LogP contribution in [0.25, 0.3) is 0 Å². The van der Waals surface area contributed by atoms with Gasteiger partial charge in [-0.2, -0.15) is 0 Å². The zero-order valence-corrected chi connectivity index (χ0v) is 21.8. The quantitative estimate of drug-likeness (QED) is 0.444. The summed E-state index contributed by atoms with van der Waals surface area (Å²) in [5.41, 5.74) is 6.78. The van der Waals surface area contributed by atoms with Crippen molar-refractivity contribution in [1.29, 1.82) is 0 Å². The van der Waals surface area contributed by atoms with Crippen LogP contribution in [0.5, 0.6) is 0 Å². The average molecular weight is 494 g/mol. The molecule has 2 fully saturated rings. The van der Waals surface area contributed by atoms with E-state index in [-0.39, 0.29) is 12.1 Å². The molecule has 0 bridgehead atoms. The first-order chi connectivity index (χ1) is 16.3. The molecule has 2 aromatic heterocycles. The molecule has 2 atom stereocenters.